The molecule has 6 heteroatoms. The first-order chi connectivity index (χ1) is 7.11. The van der Waals surface area contributed by atoms with E-state index in [-0.39, 0.29) is 6.42 Å². The average molecular weight is 208 g/mol. The van der Waals surface area contributed by atoms with Crippen molar-refractivity contribution in [1.82, 2.24) is 19.2 Å². The molecule has 0 saturated heterocycles. The molecule has 0 aliphatic heterocycles. The molecule has 2 rings (SSSR count). The molecule has 1 N–H and O–H groups in total. The van der Waals surface area contributed by atoms with Gasteiger partial charge in [0.25, 0.3) is 0 Å². The first-order valence-electron chi connectivity index (χ1n) is 4.73. The van der Waals surface area contributed by atoms with Crippen molar-refractivity contribution in [1.29, 1.82) is 0 Å². The number of aromatic nitrogens is 4. The lowest BCUT2D eigenvalue weighted by Gasteiger charge is -1.94. The predicted octanol–water partition coefficient (Wildman–Crippen LogP) is 0.257. The van der Waals surface area contributed by atoms with E-state index in [1.54, 1.807) is 10.7 Å². The fourth-order valence-corrected chi connectivity index (χ4v) is 1.56. The van der Waals surface area contributed by atoms with Crippen molar-refractivity contribution >= 4 is 11.7 Å². The first kappa shape index (κ1) is 9.70. The summed E-state index contributed by atoms with van der Waals surface area (Å²) in [5.74, 6) is 0.733. The number of aryl methyl sites for hydroxylation is 2. The molecule has 0 aliphatic carbocycles. The molecule has 0 aliphatic rings. The van der Waals surface area contributed by atoms with Gasteiger partial charge in [-0.05, 0) is 0 Å². The molecule has 2 aromatic rings. The van der Waals surface area contributed by atoms with Gasteiger partial charge in [0.05, 0.1) is 18.3 Å². The Balaban J connectivity index is 2.45. The summed E-state index contributed by atoms with van der Waals surface area (Å²) in [4.78, 5) is 14.7. The lowest BCUT2D eigenvalue weighted by molar-refractivity contribution is -0.136. The molecule has 0 aromatic carbocycles. The Labute approximate surface area is 86.2 Å². The zero-order chi connectivity index (χ0) is 11.0. The average Bonchev–Trinajstić information content (AvgIpc) is 2.65. The Morgan fingerprint density at radius 3 is 2.87 bits per heavy atom. The van der Waals surface area contributed by atoms with Crippen LogP contribution in [0.2, 0.25) is 0 Å². The summed E-state index contributed by atoms with van der Waals surface area (Å²) >= 11 is 0. The van der Waals surface area contributed by atoms with Crippen molar-refractivity contribution in [3.8, 4) is 0 Å². The molecular weight excluding hydrogens is 196 g/mol. The minimum atomic E-state index is -0.880. The molecule has 0 unspecified atom stereocenters. The monoisotopic (exact) mass is 208 g/mol. The van der Waals surface area contributed by atoms with Gasteiger partial charge in [-0.3, -0.25) is 4.79 Å². The van der Waals surface area contributed by atoms with Gasteiger partial charge in [0.2, 0.25) is 5.78 Å². The third kappa shape index (κ3) is 1.58. The van der Waals surface area contributed by atoms with Crippen LogP contribution in [0.1, 0.15) is 18.4 Å². The van der Waals surface area contributed by atoms with E-state index < -0.39 is 5.97 Å². The fraction of sp³-hybridized carbons (Fsp3) is 0.444. The molecule has 6 nitrogen and oxygen atoms in total. The van der Waals surface area contributed by atoms with Crippen LogP contribution < -0.4 is 0 Å². The summed E-state index contributed by atoms with van der Waals surface area (Å²) in [5.41, 5.74) is 0.531. The van der Waals surface area contributed by atoms with Crippen LogP contribution >= 0.6 is 0 Å². The van der Waals surface area contributed by atoms with E-state index in [9.17, 15) is 4.79 Å². The maximum atomic E-state index is 10.5. The Bertz CT molecular complexity index is 511. The second kappa shape index (κ2) is 3.38. The van der Waals surface area contributed by atoms with Gasteiger partial charge >= 0.3 is 5.97 Å². The van der Waals surface area contributed by atoms with Gasteiger partial charge in [0.15, 0.2) is 0 Å². The van der Waals surface area contributed by atoms with E-state index in [1.807, 2.05) is 18.5 Å². The van der Waals surface area contributed by atoms with Crippen LogP contribution in [-0.2, 0) is 24.7 Å². The molecule has 0 spiro atoms. The number of rotatable bonds is 3. The van der Waals surface area contributed by atoms with Crippen LogP contribution in [0.4, 0.5) is 0 Å². The van der Waals surface area contributed by atoms with E-state index in [1.165, 1.54) is 0 Å². The number of nitrogens with zero attached hydrogens (tertiary/aromatic N) is 4. The molecule has 80 valence electrons. The molecule has 0 atom stereocenters. The van der Waals surface area contributed by atoms with Crippen LogP contribution in [0.5, 0.6) is 0 Å². The summed E-state index contributed by atoms with van der Waals surface area (Å²) in [7, 11) is 1.87. The van der Waals surface area contributed by atoms with Gasteiger partial charge in [-0.15, -0.1) is 0 Å². The maximum Gasteiger partial charge on any atom is 0.309 e. The Kier molecular flexibility index (Phi) is 2.18. The van der Waals surface area contributed by atoms with E-state index in [2.05, 4.69) is 10.1 Å². The number of carboxylic acids is 1. The van der Waals surface area contributed by atoms with Gasteiger partial charge in [-0.25, -0.2) is 9.50 Å². The van der Waals surface area contributed by atoms with E-state index in [0.29, 0.717) is 11.5 Å². The summed E-state index contributed by atoms with van der Waals surface area (Å²) < 4.78 is 3.49. The second-order valence-electron chi connectivity index (χ2n) is 3.38. The minimum absolute atomic E-state index is 0.0647. The molecule has 15 heavy (non-hydrogen) atoms. The van der Waals surface area contributed by atoms with E-state index in [4.69, 9.17) is 5.11 Å². The second-order valence-corrected chi connectivity index (χ2v) is 3.38. The lowest BCUT2D eigenvalue weighted by atomic mass is 10.3. The molecule has 0 fully saturated rings. The smallest absolute Gasteiger partial charge is 0.309 e. The van der Waals surface area contributed by atoms with Crippen molar-refractivity contribution in [3.05, 3.63) is 17.7 Å². The van der Waals surface area contributed by atoms with Crippen LogP contribution in [-0.4, -0.2) is 30.2 Å². The minimum Gasteiger partial charge on any atom is -0.481 e. The van der Waals surface area contributed by atoms with Crippen LogP contribution in [0.3, 0.4) is 0 Å². The fourth-order valence-electron chi connectivity index (χ4n) is 1.56. The van der Waals surface area contributed by atoms with Gasteiger partial charge in [0.1, 0.15) is 5.82 Å². The largest absolute Gasteiger partial charge is 0.481 e. The molecular formula is C9H12N4O2. The summed E-state index contributed by atoms with van der Waals surface area (Å²) in [6.45, 7) is 2.01. The summed E-state index contributed by atoms with van der Waals surface area (Å²) in [5, 5.41) is 12.9. The van der Waals surface area contributed by atoms with Crippen LogP contribution in [0.25, 0.3) is 5.78 Å². The zero-order valence-electron chi connectivity index (χ0n) is 8.64. The van der Waals surface area contributed by atoms with Gasteiger partial charge in [0, 0.05) is 13.5 Å². The number of hydrogen-bond donors (Lipinski definition) is 1. The third-order valence-corrected chi connectivity index (χ3v) is 2.28. The number of imidazole rings is 1. The highest BCUT2D eigenvalue weighted by Crippen LogP contribution is 2.07. The number of carbonyl (C=O) groups is 1. The van der Waals surface area contributed by atoms with Crippen molar-refractivity contribution < 1.29 is 9.90 Å². The highest BCUT2D eigenvalue weighted by molar-refractivity contribution is 5.69. The zero-order valence-corrected chi connectivity index (χ0v) is 8.64. The number of hydrogen-bond acceptors (Lipinski definition) is 3. The lowest BCUT2D eigenvalue weighted by Crippen LogP contribution is -2.01. The molecule has 0 radical (unpaired) electrons. The van der Waals surface area contributed by atoms with Gasteiger partial charge in [-0.1, -0.05) is 6.92 Å². The number of carboxylic acid groups (broad SMARTS) is 1. The topological polar surface area (TPSA) is 72.4 Å². The first-order valence-corrected chi connectivity index (χ1v) is 4.73. The molecule has 0 bridgehead atoms. The van der Waals surface area contributed by atoms with Crippen molar-refractivity contribution in [3.63, 3.8) is 0 Å². The summed E-state index contributed by atoms with van der Waals surface area (Å²) in [6, 6.07) is 0. The summed E-state index contributed by atoms with van der Waals surface area (Å²) in [6.07, 6.45) is 2.42. The SMILES string of the molecule is CCc1nn2cc(CC(=O)O)nc2n1C. The third-order valence-electron chi connectivity index (χ3n) is 2.28. The van der Waals surface area contributed by atoms with E-state index >= 15 is 0 Å². The highest BCUT2D eigenvalue weighted by Gasteiger charge is 2.11. The Morgan fingerprint density at radius 1 is 1.60 bits per heavy atom. The van der Waals surface area contributed by atoms with Gasteiger partial charge in [-0.2, -0.15) is 5.10 Å². The van der Waals surface area contributed by atoms with Crippen LogP contribution in [0, 0.1) is 0 Å². The van der Waals surface area contributed by atoms with Crippen LogP contribution in [0.15, 0.2) is 6.20 Å². The Hall–Kier alpha value is -1.85. The van der Waals surface area contributed by atoms with Crippen molar-refractivity contribution in [2.75, 3.05) is 0 Å². The predicted molar refractivity (Wildman–Crippen MR) is 52.7 cm³/mol. The number of aliphatic carboxylic acids is 1. The molecule has 0 saturated carbocycles. The Morgan fingerprint density at radius 2 is 2.33 bits per heavy atom. The van der Waals surface area contributed by atoms with Crippen molar-refractivity contribution in [2.45, 2.75) is 19.8 Å². The standard InChI is InChI=1S/C9H12N4O2/c1-3-7-11-13-5-6(4-8(14)15)10-9(13)12(7)2/h5H,3-4H2,1-2H3,(H,14,15). The molecule has 0 amide bonds. The molecule has 2 heterocycles. The highest BCUT2D eigenvalue weighted by atomic mass is 16.4. The van der Waals surface area contributed by atoms with Crippen molar-refractivity contribution in [2.24, 2.45) is 7.05 Å². The number of fused-ring (bicyclic) bond motifs is 1. The normalized spacial score (nSPS) is 11.1. The van der Waals surface area contributed by atoms with Gasteiger partial charge < -0.3 is 9.67 Å². The van der Waals surface area contributed by atoms with E-state index in [0.717, 1.165) is 12.2 Å². The molecule has 2 aromatic heterocycles. The quantitative estimate of drug-likeness (QED) is 0.785. The maximum absolute atomic E-state index is 10.5.